The lowest BCUT2D eigenvalue weighted by molar-refractivity contribution is 0.298. The van der Waals surface area contributed by atoms with Gasteiger partial charge in [-0.25, -0.2) is 10.8 Å². The maximum absolute atomic E-state index is 6.13. The number of nitrogens with two attached hydrogens (primary N) is 1. The molecule has 108 valence electrons. The van der Waals surface area contributed by atoms with E-state index in [1.54, 1.807) is 11.3 Å². The Morgan fingerprint density at radius 3 is 2.90 bits per heavy atom. The molecule has 0 fully saturated rings. The number of rotatable bonds is 4. The summed E-state index contributed by atoms with van der Waals surface area (Å²) in [6.07, 6.45) is 0. The standard InChI is InChI=1S/C14H13ClN4OS/c1-8-6-10-12(17-14(19-16)18-13(10)21-8)20-7-9-4-2-3-5-11(9)15/h2-6H,7,16H2,1H3,(H,17,18,19). The van der Waals surface area contributed by atoms with Crippen molar-refractivity contribution in [1.82, 2.24) is 9.97 Å². The van der Waals surface area contributed by atoms with Crippen LogP contribution >= 0.6 is 22.9 Å². The molecule has 2 heterocycles. The zero-order chi connectivity index (χ0) is 14.8. The molecule has 2 aromatic heterocycles. The summed E-state index contributed by atoms with van der Waals surface area (Å²) in [4.78, 5) is 10.6. The molecule has 0 aliphatic heterocycles. The number of hydrazine groups is 1. The minimum Gasteiger partial charge on any atom is -0.472 e. The van der Waals surface area contributed by atoms with Crippen LogP contribution in [0.25, 0.3) is 10.2 Å². The number of hydrogen-bond donors (Lipinski definition) is 2. The monoisotopic (exact) mass is 320 g/mol. The van der Waals surface area contributed by atoms with E-state index in [0.29, 0.717) is 23.5 Å². The van der Waals surface area contributed by atoms with E-state index in [0.717, 1.165) is 20.7 Å². The number of aromatic nitrogens is 2. The Labute approximate surface area is 130 Å². The van der Waals surface area contributed by atoms with Gasteiger partial charge in [0.15, 0.2) is 0 Å². The highest BCUT2D eigenvalue weighted by atomic mass is 35.5. The van der Waals surface area contributed by atoms with E-state index in [9.17, 15) is 0 Å². The predicted octanol–water partition coefficient (Wildman–Crippen LogP) is 3.52. The Balaban J connectivity index is 1.94. The van der Waals surface area contributed by atoms with Gasteiger partial charge in [-0.3, -0.25) is 5.43 Å². The van der Waals surface area contributed by atoms with Crippen LogP contribution in [0.1, 0.15) is 10.4 Å². The first-order chi connectivity index (χ1) is 10.2. The number of hydrogen-bond acceptors (Lipinski definition) is 6. The average Bonchev–Trinajstić information content (AvgIpc) is 2.86. The van der Waals surface area contributed by atoms with Crippen LogP contribution in [0.15, 0.2) is 30.3 Å². The van der Waals surface area contributed by atoms with Crippen LogP contribution in [0.3, 0.4) is 0 Å². The lowest BCUT2D eigenvalue weighted by atomic mass is 10.2. The van der Waals surface area contributed by atoms with Gasteiger partial charge in [-0.05, 0) is 19.1 Å². The van der Waals surface area contributed by atoms with E-state index in [1.165, 1.54) is 0 Å². The molecule has 0 saturated carbocycles. The van der Waals surface area contributed by atoms with Crippen LogP contribution in [0.5, 0.6) is 5.88 Å². The Hall–Kier alpha value is -1.89. The van der Waals surface area contributed by atoms with Crippen molar-refractivity contribution in [3.63, 3.8) is 0 Å². The topological polar surface area (TPSA) is 73.1 Å². The van der Waals surface area contributed by atoms with E-state index in [1.807, 2.05) is 37.3 Å². The predicted molar refractivity (Wildman–Crippen MR) is 85.7 cm³/mol. The summed E-state index contributed by atoms with van der Waals surface area (Å²) < 4.78 is 5.82. The molecule has 0 amide bonds. The molecule has 21 heavy (non-hydrogen) atoms. The lowest BCUT2D eigenvalue weighted by Crippen LogP contribution is -2.11. The second-order valence-electron chi connectivity index (χ2n) is 4.45. The first-order valence-corrected chi connectivity index (χ1v) is 7.48. The Kier molecular flexibility index (Phi) is 3.92. The van der Waals surface area contributed by atoms with Crippen molar-refractivity contribution in [2.45, 2.75) is 13.5 Å². The first-order valence-electron chi connectivity index (χ1n) is 6.28. The van der Waals surface area contributed by atoms with Crippen molar-refractivity contribution in [3.05, 3.63) is 45.8 Å². The summed E-state index contributed by atoms with van der Waals surface area (Å²) in [6, 6.07) is 9.55. The van der Waals surface area contributed by atoms with E-state index in [-0.39, 0.29) is 0 Å². The number of nitrogens with zero attached hydrogens (tertiary/aromatic N) is 2. The van der Waals surface area contributed by atoms with Crippen molar-refractivity contribution in [3.8, 4) is 5.88 Å². The molecule has 5 nitrogen and oxygen atoms in total. The maximum atomic E-state index is 6.13. The molecule has 0 radical (unpaired) electrons. The number of fused-ring (bicyclic) bond motifs is 1. The van der Waals surface area contributed by atoms with E-state index < -0.39 is 0 Å². The van der Waals surface area contributed by atoms with Crippen molar-refractivity contribution >= 4 is 39.1 Å². The van der Waals surface area contributed by atoms with E-state index in [4.69, 9.17) is 22.2 Å². The minimum absolute atomic E-state index is 0.332. The number of aryl methyl sites for hydroxylation is 1. The number of benzene rings is 1. The van der Waals surface area contributed by atoms with Gasteiger partial charge in [0.05, 0.1) is 5.39 Å². The second-order valence-corrected chi connectivity index (χ2v) is 6.09. The van der Waals surface area contributed by atoms with Gasteiger partial charge in [0.2, 0.25) is 11.8 Å². The molecule has 0 unspecified atom stereocenters. The molecular weight excluding hydrogens is 308 g/mol. The molecule has 3 N–H and O–H groups in total. The minimum atomic E-state index is 0.332. The Morgan fingerprint density at radius 2 is 2.14 bits per heavy atom. The van der Waals surface area contributed by atoms with E-state index in [2.05, 4.69) is 15.4 Å². The van der Waals surface area contributed by atoms with Crippen LogP contribution in [0.4, 0.5) is 5.95 Å². The fourth-order valence-electron chi connectivity index (χ4n) is 1.95. The highest BCUT2D eigenvalue weighted by Crippen LogP contribution is 2.31. The fraction of sp³-hybridized carbons (Fsp3) is 0.143. The SMILES string of the molecule is Cc1cc2c(OCc3ccccc3Cl)nc(NN)nc2s1. The molecule has 3 rings (SSSR count). The van der Waals surface area contributed by atoms with Crippen molar-refractivity contribution < 1.29 is 4.74 Å². The normalized spacial score (nSPS) is 10.8. The maximum Gasteiger partial charge on any atom is 0.241 e. The molecule has 0 saturated heterocycles. The van der Waals surface area contributed by atoms with Crippen LogP contribution in [-0.2, 0) is 6.61 Å². The Bertz CT molecular complexity index is 790. The van der Waals surface area contributed by atoms with Crippen LogP contribution in [-0.4, -0.2) is 9.97 Å². The first kappa shape index (κ1) is 14.1. The number of ether oxygens (including phenoxy) is 1. The van der Waals surface area contributed by atoms with Crippen molar-refractivity contribution in [1.29, 1.82) is 0 Å². The molecule has 7 heteroatoms. The average molecular weight is 321 g/mol. The van der Waals surface area contributed by atoms with E-state index >= 15 is 0 Å². The number of anilines is 1. The summed E-state index contributed by atoms with van der Waals surface area (Å²) >= 11 is 7.70. The summed E-state index contributed by atoms with van der Waals surface area (Å²) in [6.45, 7) is 2.35. The molecule has 0 spiro atoms. The summed E-state index contributed by atoms with van der Waals surface area (Å²) in [7, 11) is 0. The molecule has 0 atom stereocenters. The van der Waals surface area contributed by atoms with Gasteiger partial charge in [-0.2, -0.15) is 4.98 Å². The number of nitrogen functional groups attached to an aromatic ring is 1. The van der Waals surface area contributed by atoms with Crippen LogP contribution in [0.2, 0.25) is 5.02 Å². The highest BCUT2D eigenvalue weighted by molar-refractivity contribution is 7.18. The number of halogens is 1. The lowest BCUT2D eigenvalue weighted by Gasteiger charge is -2.09. The summed E-state index contributed by atoms with van der Waals surface area (Å²) in [5, 5.41) is 1.55. The van der Waals surface area contributed by atoms with Gasteiger partial charge >= 0.3 is 0 Å². The van der Waals surface area contributed by atoms with Gasteiger partial charge in [0, 0.05) is 15.5 Å². The zero-order valence-corrected chi connectivity index (χ0v) is 12.8. The number of nitrogens with one attached hydrogen (secondary N) is 1. The van der Waals surface area contributed by atoms with Gasteiger partial charge < -0.3 is 4.74 Å². The second kappa shape index (κ2) is 5.85. The zero-order valence-electron chi connectivity index (χ0n) is 11.3. The molecule has 1 aromatic carbocycles. The fourth-order valence-corrected chi connectivity index (χ4v) is 3.01. The third-order valence-electron chi connectivity index (χ3n) is 2.93. The quantitative estimate of drug-likeness (QED) is 0.568. The highest BCUT2D eigenvalue weighted by Gasteiger charge is 2.12. The molecule has 0 aliphatic carbocycles. The molecule has 0 bridgehead atoms. The summed E-state index contributed by atoms with van der Waals surface area (Å²) in [5.41, 5.74) is 3.36. The number of thiophene rings is 1. The Morgan fingerprint density at radius 1 is 1.33 bits per heavy atom. The molecule has 0 aliphatic rings. The van der Waals surface area contributed by atoms with Gasteiger partial charge in [-0.1, -0.05) is 29.8 Å². The largest absolute Gasteiger partial charge is 0.472 e. The van der Waals surface area contributed by atoms with Gasteiger partial charge in [0.25, 0.3) is 0 Å². The van der Waals surface area contributed by atoms with Gasteiger partial charge in [0.1, 0.15) is 11.4 Å². The third kappa shape index (κ3) is 2.92. The smallest absolute Gasteiger partial charge is 0.241 e. The van der Waals surface area contributed by atoms with Gasteiger partial charge in [-0.15, -0.1) is 11.3 Å². The molecular formula is C14H13ClN4OS. The van der Waals surface area contributed by atoms with Crippen molar-refractivity contribution in [2.24, 2.45) is 5.84 Å². The third-order valence-corrected chi connectivity index (χ3v) is 4.25. The van der Waals surface area contributed by atoms with Crippen molar-refractivity contribution in [2.75, 3.05) is 5.43 Å². The van der Waals surface area contributed by atoms with Crippen LogP contribution < -0.4 is 16.0 Å². The summed E-state index contributed by atoms with van der Waals surface area (Å²) in [5.74, 6) is 6.23. The van der Waals surface area contributed by atoms with Crippen LogP contribution in [0, 0.1) is 6.92 Å². The molecule has 3 aromatic rings.